The molecule has 0 aromatic heterocycles. The van der Waals surface area contributed by atoms with Gasteiger partial charge in [-0.2, -0.15) is 0 Å². The van der Waals surface area contributed by atoms with Gasteiger partial charge in [0.15, 0.2) is 0 Å². The molecule has 0 heterocycles. The molecular weight excluding hydrogens is 260 g/mol. The summed E-state index contributed by atoms with van der Waals surface area (Å²) in [5.74, 6) is -1.00. The summed E-state index contributed by atoms with van der Waals surface area (Å²) in [6.45, 7) is 0.496. The van der Waals surface area contributed by atoms with Crippen LogP contribution >= 0.6 is 0 Å². The molecule has 0 saturated heterocycles. The molecule has 1 aliphatic rings. The van der Waals surface area contributed by atoms with Crippen LogP contribution in [0.5, 0.6) is 0 Å². The lowest BCUT2D eigenvalue weighted by Gasteiger charge is -2.19. The van der Waals surface area contributed by atoms with Crippen LogP contribution in [-0.2, 0) is 9.53 Å². The normalized spacial score (nSPS) is 18.1. The number of nitrogens with one attached hydrogen (secondary N) is 2. The number of hydrogen-bond acceptors (Lipinski definition) is 3. The first kappa shape index (κ1) is 16.8. The first-order valence-corrected chi connectivity index (χ1v) is 7.42. The first-order chi connectivity index (χ1) is 9.63. The number of urea groups is 1. The number of carbonyl (C=O) groups excluding carboxylic acids is 1. The van der Waals surface area contributed by atoms with Crippen LogP contribution in [0.25, 0.3) is 0 Å². The molecule has 1 atom stereocenters. The number of carbonyl (C=O) groups is 2. The summed E-state index contributed by atoms with van der Waals surface area (Å²) in [6, 6.07) is -1.05. The topological polar surface area (TPSA) is 87.7 Å². The van der Waals surface area contributed by atoms with Crippen LogP contribution in [0.1, 0.15) is 51.4 Å². The van der Waals surface area contributed by atoms with Crippen LogP contribution in [0.2, 0.25) is 0 Å². The van der Waals surface area contributed by atoms with E-state index in [4.69, 9.17) is 9.84 Å². The second-order valence-electron chi connectivity index (χ2n) is 5.33. The molecule has 116 valence electrons. The van der Waals surface area contributed by atoms with Crippen LogP contribution < -0.4 is 10.6 Å². The number of ether oxygens (including phenoxy) is 1. The molecule has 0 radical (unpaired) electrons. The largest absolute Gasteiger partial charge is 0.480 e. The predicted molar refractivity (Wildman–Crippen MR) is 75.7 cm³/mol. The van der Waals surface area contributed by atoms with E-state index in [1.165, 1.54) is 12.8 Å². The van der Waals surface area contributed by atoms with Gasteiger partial charge in [-0.25, -0.2) is 9.59 Å². The highest BCUT2D eigenvalue weighted by Crippen LogP contribution is 2.17. The van der Waals surface area contributed by atoms with Gasteiger partial charge in [-0.05, 0) is 25.7 Å². The Labute approximate surface area is 120 Å². The highest BCUT2D eigenvalue weighted by molar-refractivity contribution is 5.82. The minimum atomic E-state index is -1.00. The summed E-state index contributed by atoms with van der Waals surface area (Å²) >= 11 is 0. The predicted octanol–water partition coefficient (Wildman–Crippen LogP) is 1.89. The van der Waals surface area contributed by atoms with Gasteiger partial charge in [0.2, 0.25) is 0 Å². The molecule has 0 aromatic carbocycles. The van der Waals surface area contributed by atoms with Gasteiger partial charge in [0.1, 0.15) is 6.04 Å². The van der Waals surface area contributed by atoms with Crippen LogP contribution in [0.3, 0.4) is 0 Å². The molecule has 6 heteroatoms. The average Bonchev–Trinajstić information content (AvgIpc) is 2.66. The van der Waals surface area contributed by atoms with E-state index in [1.54, 1.807) is 7.11 Å². The van der Waals surface area contributed by atoms with Crippen molar-refractivity contribution in [1.29, 1.82) is 0 Å². The highest BCUT2D eigenvalue weighted by atomic mass is 16.5. The van der Waals surface area contributed by atoms with Gasteiger partial charge < -0.3 is 20.5 Å². The van der Waals surface area contributed by atoms with Gasteiger partial charge in [-0.15, -0.1) is 0 Å². The Kier molecular flexibility index (Phi) is 8.02. The van der Waals surface area contributed by atoms with Gasteiger partial charge >= 0.3 is 12.0 Å². The van der Waals surface area contributed by atoms with Crippen molar-refractivity contribution in [1.82, 2.24) is 10.6 Å². The lowest BCUT2D eigenvalue weighted by Crippen LogP contribution is -2.49. The van der Waals surface area contributed by atoms with Gasteiger partial charge in [-0.3, -0.25) is 0 Å². The van der Waals surface area contributed by atoms with Crippen LogP contribution in [0, 0.1) is 0 Å². The number of rotatable bonds is 7. The van der Waals surface area contributed by atoms with E-state index in [0.717, 1.165) is 25.7 Å². The van der Waals surface area contributed by atoms with Crippen molar-refractivity contribution < 1.29 is 19.4 Å². The van der Waals surface area contributed by atoms with E-state index in [-0.39, 0.29) is 12.1 Å². The zero-order valence-corrected chi connectivity index (χ0v) is 12.2. The molecule has 1 aliphatic carbocycles. The fraction of sp³-hybridized carbons (Fsp3) is 0.857. The SMILES string of the molecule is COCCCC(NC(=O)NC1CCCCCC1)C(=O)O. The molecule has 1 unspecified atom stereocenters. The number of carboxylic acid groups (broad SMARTS) is 1. The second-order valence-corrected chi connectivity index (χ2v) is 5.33. The number of carboxylic acids is 1. The van der Waals surface area contributed by atoms with Gasteiger partial charge in [0.05, 0.1) is 0 Å². The Hall–Kier alpha value is -1.30. The van der Waals surface area contributed by atoms with Crippen LogP contribution in [-0.4, -0.2) is 42.9 Å². The highest BCUT2D eigenvalue weighted by Gasteiger charge is 2.21. The number of amides is 2. The Balaban J connectivity index is 2.34. The van der Waals surface area contributed by atoms with E-state index >= 15 is 0 Å². The summed E-state index contributed by atoms with van der Waals surface area (Å²) in [6.07, 6.45) is 7.63. The smallest absolute Gasteiger partial charge is 0.326 e. The molecular formula is C14H26N2O4. The van der Waals surface area contributed by atoms with E-state index in [1.807, 2.05) is 0 Å². The number of hydrogen-bond donors (Lipinski definition) is 3. The lowest BCUT2D eigenvalue weighted by atomic mass is 10.1. The van der Waals surface area contributed by atoms with Gasteiger partial charge in [0, 0.05) is 19.8 Å². The summed E-state index contributed by atoms with van der Waals surface area (Å²) in [5.41, 5.74) is 0. The molecule has 1 saturated carbocycles. The van der Waals surface area contributed by atoms with Crippen LogP contribution in [0.4, 0.5) is 4.79 Å². The second kappa shape index (κ2) is 9.58. The lowest BCUT2D eigenvalue weighted by molar-refractivity contribution is -0.139. The molecule has 0 aliphatic heterocycles. The van der Waals surface area contributed by atoms with Gasteiger partial charge in [0.25, 0.3) is 0 Å². The maximum absolute atomic E-state index is 11.9. The monoisotopic (exact) mass is 286 g/mol. The summed E-state index contributed by atoms with van der Waals surface area (Å²) in [4.78, 5) is 22.9. The molecule has 6 nitrogen and oxygen atoms in total. The van der Waals surface area contributed by atoms with Gasteiger partial charge in [-0.1, -0.05) is 25.7 Å². The van der Waals surface area contributed by atoms with Crippen molar-refractivity contribution in [2.45, 2.75) is 63.5 Å². The van der Waals surface area contributed by atoms with E-state index in [0.29, 0.717) is 19.4 Å². The third-order valence-electron chi connectivity index (χ3n) is 3.64. The average molecular weight is 286 g/mol. The standard InChI is InChI=1S/C14H26N2O4/c1-20-10-6-9-12(13(17)18)16-14(19)15-11-7-4-2-3-5-8-11/h11-12H,2-10H2,1H3,(H,17,18)(H2,15,16,19). The van der Waals surface area contributed by atoms with E-state index in [9.17, 15) is 9.59 Å². The van der Waals surface area contributed by atoms with Crippen molar-refractivity contribution in [2.24, 2.45) is 0 Å². The Morgan fingerprint density at radius 1 is 1.25 bits per heavy atom. The summed E-state index contributed by atoms with van der Waals surface area (Å²) < 4.78 is 4.89. The zero-order chi connectivity index (χ0) is 14.8. The summed E-state index contributed by atoms with van der Waals surface area (Å²) in [7, 11) is 1.57. The molecule has 1 fully saturated rings. The fourth-order valence-electron chi connectivity index (χ4n) is 2.50. The van der Waals surface area contributed by atoms with Crippen molar-refractivity contribution in [2.75, 3.05) is 13.7 Å². The first-order valence-electron chi connectivity index (χ1n) is 7.42. The number of methoxy groups -OCH3 is 1. The minimum absolute atomic E-state index is 0.172. The Bertz CT molecular complexity index is 302. The summed E-state index contributed by atoms with van der Waals surface area (Å²) in [5, 5.41) is 14.5. The van der Waals surface area contributed by atoms with Crippen molar-refractivity contribution in [3.8, 4) is 0 Å². The molecule has 0 spiro atoms. The Morgan fingerprint density at radius 2 is 1.90 bits per heavy atom. The van der Waals surface area contributed by atoms with E-state index < -0.39 is 12.0 Å². The fourth-order valence-corrected chi connectivity index (χ4v) is 2.50. The quantitative estimate of drug-likeness (QED) is 0.492. The number of aliphatic carboxylic acids is 1. The Morgan fingerprint density at radius 3 is 2.45 bits per heavy atom. The third kappa shape index (κ3) is 6.75. The maximum atomic E-state index is 11.9. The maximum Gasteiger partial charge on any atom is 0.326 e. The van der Waals surface area contributed by atoms with Crippen molar-refractivity contribution >= 4 is 12.0 Å². The minimum Gasteiger partial charge on any atom is -0.480 e. The van der Waals surface area contributed by atoms with Crippen LogP contribution in [0.15, 0.2) is 0 Å². The molecule has 3 N–H and O–H groups in total. The zero-order valence-electron chi connectivity index (χ0n) is 12.2. The molecule has 2 amide bonds. The molecule has 0 bridgehead atoms. The molecule has 0 aromatic rings. The molecule has 1 rings (SSSR count). The molecule has 20 heavy (non-hydrogen) atoms. The van der Waals surface area contributed by atoms with Crippen molar-refractivity contribution in [3.05, 3.63) is 0 Å². The van der Waals surface area contributed by atoms with E-state index in [2.05, 4.69) is 10.6 Å². The van der Waals surface area contributed by atoms with Crippen molar-refractivity contribution in [3.63, 3.8) is 0 Å². The third-order valence-corrected chi connectivity index (χ3v) is 3.64.